The monoisotopic (exact) mass is 230 g/mol. The quantitative estimate of drug-likeness (QED) is 0.468. The Morgan fingerprint density at radius 1 is 0.882 bits per heavy atom. The first-order valence-corrected chi connectivity index (χ1v) is 5.21. The number of aromatic hydroxyl groups is 2. The highest BCUT2D eigenvalue weighted by molar-refractivity contribution is 5.57. The molecule has 2 aromatic rings. The van der Waals surface area contributed by atoms with Crippen LogP contribution in [0.5, 0.6) is 11.5 Å². The van der Waals surface area contributed by atoms with Crippen LogP contribution in [0.25, 0.3) is 0 Å². The third kappa shape index (κ3) is 2.42. The molecule has 0 aliphatic carbocycles. The minimum Gasteiger partial charge on any atom is -0.504 e. The summed E-state index contributed by atoms with van der Waals surface area (Å²) in [6, 6.07) is 10.0. The summed E-state index contributed by atoms with van der Waals surface area (Å²) in [6.45, 7) is 0. The molecule has 88 valence electrons. The molecule has 0 aliphatic rings. The zero-order valence-corrected chi connectivity index (χ0v) is 9.22. The maximum atomic E-state index is 9.40. The van der Waals surface area contributed by atoms with E-state index in [1.165, 1.54) is 12.1 Å². The van der Waals surface area contributed by atoms with Gasteiger partial charge >= 0.3 is 0 Å². The molecule has 0 saturated carbocycles. The topological polar surface area (TPSA) is 92.5 Å². The van der Waals surface area contributed by atoms with Crippen molar-refractivity contribution < 1.29 is 10.2 Å². The number of hydrogen-bond donors (Lipinski definition) is 4. The van der Waals surface area contributed by atoms with Crippen molar-refractivity contribution in [2.45, 2.75) is 6.42 Å². The summed E-state index contributed by atoms with van der Waals surface area (Å²) in [4.78, 5) is 0. The Balaban J connectivity index is 2.31. The van der Waals surface area contributed by atoms with Crippen molar-refractivity contribution in [1.29, 1.82) is 0 Å². The minimum atomic E-state index is -0.134. The normalized spacial score (nSPS) is 10.4. The lowest BCUT2D eigenvalue weighted by Gasteiger charge is -2.08. The lowest BCUT2D eigenvalue weighted by molar-refractivity contribution is 0.403. The van der Waals surface area contributed by atoms with E-state index in [0.29, 0.717) is 17.8 Å². The standard InChI is InChI=1S/C13H14N2O2/c14-10-2-3-11(15)9(7-10)5-8-1-4-12(16)13(17)6-8/h1-4,6-7,16-17H,5,14-15H2. The Hall–Kier alpha value is -2.36. The highest BCUT2D eigenvalue weighted by Gasteiger charge is 2.04. The van der Waals surface area contributed by atoms with Gasteiger partial charge in [0.15, 0.2) is 11.5 Å². The fourth-order valence-electron chi connectivity index (χ4n) is 1.68. The first-order chi connectivity index (χ1) is 8.06. The highest BCUT2D eigenvalue weighted by atomic mass is 16.3. The van der Waals surface area contributed by atoms with Crippen LogP contribution in [0.4, 0.5) is 11.4 Å². The molecule has 0 heterocycles. The Morgan fingerprint density at radius 2 is 1.65 bits per heavy atom. The maximum Gasteiger partial charge on any atom is 0.157 e. The SMILES string of the molecule is Nc1ccc(N)c(Cc2ccc(O)c(O)c2)c1. The van der Waals surface area contributed by atoms with E-state index in [1.54, 1.807) is 24.3 Å². The number of benzene rings is 2. The molecule has 2 rings (SSSR count). The number of hydrogen-bond acceptors (Lipinski definition) is 4. The smallest absolute Gasteiger partial charge is 0.157 e. The first-order valence-electron chi connectivity index (χ1n) is 5.21. The lowest BCUT2D eigenvalue weighted by atomic mass is 10.0. The molecule has 0 radical (unpaired) electrons. The van der Waals surface area contributed by atoms with Crippen LogP contribution < -0.4 is 11.5 Å². The van der Waals surface area contributed by atoms with Crippen LogP contribution in [0, 0.1) is 0 Å². The van der Waals surface area contributed by atoms with Crippen LogP contribution in [0.3, 0.4) is 0 Å². The van der Waals surface area contributed by atoms with Crippen molar-refractivity contribution in [2.24, 2.45) is 0 Å². The molecule has 0 saturated heterocycles. The third-order valence-electron chi connectivity index (χ3n) is 2.60. The Morgan fingerprint density at radius 3 is 2.35 bits per heavy atom. The Labute approximate surface area is 99.1 Å². The number of anilines is 2. The molecular formula is C13H14N2O2. The average Bonchev–Trinajstić information content (AvgIpc) is 2.29. The minimum absolute atomic E-state index is 0.130. The molecule has 17 heavy (non-hydrogen) atoms. The van der Waals surface area contributed by atoms with Crippen molar-refractivity contribution in [3.63, 3.8) is 0 Å². The van der Waals surface area contributed by atoms with Crippen molar-refractivity contribution in [3.8, 4) is 11.5 Å². The molecule has 0 aromatic heterocycles. The van der Waals surface area contributed by atoms with E-state index in [9.17, 15) is 10.2 Å². The summed E-state index contributed by atoms with van der Waals surface area (Å²) in [5, 5.41) is 18.6. The van der Waals surface area contributed by atoms with Gasteiger partial charge in [-0.25, -0.2) is 0 Å². The maximum absolute atomic E-state index is 9.40. The van der Waals surface area contributed by atoms with Crippen molar-refractivity contribution in [2.75, 3.05) is 11.5 Å². The fraction of sp³-hybridized carbons (Fsp3) is 0.0769. The van der Waals surface area contributed by atoms with Crippen molar-refractivity contribution in [3.05, 3.63) is 47.5 Å². The van der Waals surface area contributed by atoms with Gasteiger partial charge in [0.25, 0.3) is 0 Å². The second kappa shape index (κ2) is 4.25. The van der Waals surface area contributed by atoms with Gasteiger partial charge in [0.05, 0.1) is 0 Å². The summed E-state index contributed by atoms with van der Waals surface area (Å²) in [7, 11) is 0. The summed E-state index contributed by atoms with van der Waals surface area (Å²) in [6.07, 6.45) is 0.560. The van der Waals surface area contributed by atoms with E-state index in [2.05, 4.69) is 0 Å². The fourth-order valence-corrected chi connectivity index (χ4v) is 1.68. The van der Waals surface area contributed by atoms with Crippen LogP contribution in [-0.2, 0) is 6.42 Å². The van der Waals surface area contributed by atoms with Gasteiger partial charge < -0.3 is 21.7 Å². The van der Waals surface area contributed by atoms with E-state index < -0.39 is 0 Å². The van der Waals surface area contributed by atoms with Gasteiger partial charge in [-0.05, 0) is 47.9 Å². The summed E-state index contributed by atoms with van der Waals surface area (Å²) >= 11 is 0. The molecular weight excluding hydrogens is 216 g/mol. The van der Waals surface area contributed by atoms with Gasteiger partial charge in [-0.3, -0.25) is 0 Å². The molecule has 0 spiro atoms. The predicted molar refractivity (Wildman–Crippen MR) is 67.8 cm³/mol. The van der Waals surface area contributed by atoms with E-state index >= 15 is 0 Å². The Bertz CT molecular complexity index is 553. The van der Waals surface area contributed by atoms with E-state index in [1.807, 2.05) is 0 Å². The largest absolute Gasteiger partial charge is 0.504 e. The Kier molecular flexibility index (Phi) is 2.78. The van der Waals surface area contributed by atoms with Crippen LogP contribution >= 0.6 is 0 Å². The molecule has 0 atom stereocenters. The molecule has 4 nitrogen and oxygen atoms in total. The second-order valence-corrected chi connectivity index (χ2v) is 3.96. The van der Waals surface area contributed by atoms with Gasteiger partial charge in [0.2, 0.25) is 0 Å². The van der Waals surface area contributed by atoms with Gasteiger partial charge in [-0.2, -0.15) is 0 Å². The van der Waals surface area contributed by atoms with Crippen LogP contribution in [0.15, 0.2) is 36.4 Å². The number of rotatable bonds is 2. The van der Waals surface area contributed by atoms with E-state index in [0.717, 1.165) is 11.1 Å². The molecule has 0 fully saturated rings. The van der Waals surface area contributed by atoms with Crippen molar-refractivity contribution in [1.82, 2.24) is 0 Å². The molecule has 0 unspecified atom stereocenters. The zero-order chi connectivity index (χ0) is 12.4. The molecule has 0 bridgehead atoms. The lowest BCUT2D eigenvalue weighted by Crippen LogP contribution is -1.97. The molecule has 4 heteroatoms. The number of phenolic OH excluding ortho intramolecular Hbond substituents is 2. The number of phenols is 2. The van der Waals surface area contributed by atoms with Gasteiger partial charge in [0, 0.05) is 11.4 Å². The number of nitrogens with two attached hydrogens (primary N) is 2. The van der Waals surface area contributed by atoms with Crippen LogP contribution in [0.2, 0.25) is 0 Å². The third-order valence-corrected chi connectivity index (χ3v) is 2.60. The van der Waals surface area contributed by atoms with Crippen LogP contribution in [0.1, 0.15) is 11.1 Å². The second-order valence-electron chi connectivity index (χ2n) is 3.96. The average molecular weight is 230 g/mol. The van der Waals surface area contributed by atoms with Gasteiger partial charge in [-0.1, -0.05) is 6.07 Å². The summed E-state index contributed by atoms with van der Waals surface area (Å²) in [5.41, 5.74) is 14.6. The number of nitrogen functional groups attached to an aromatic ring is 2. The summed E-state index contributed by atoms with van der Waals surface area (Å²) in [5.74, 6) is -0.265. The van der Waals surface area contributed by atoms with E-state index in [4.69, 9.17) is 11.5 Å². The molecule has 2 aromatic carbocycles. The molecule has 6 N–H and O–H groups in total. The molecule has 0 aliphatic heterocycles. The highest BCUT2D eigenvalue weighted by Crippen LogP contribution is 2.27. The van der Waals surface area contributed by atoms with Crippen molar-refractivity contribution >= 4 is 11.4 Å². The van der Waals surface area contributed by atoms with Gasteiger partial charge in [-0.15, -0.1) is 0 Å². The predicted octanol–water partition coefficient (Wildman–Crippen LogP) is 1.85. The van der Waals surface area contributed by atoms with Crippen LogP contribution in [-0.4, -0.2) is 10.2 Å². The molecule has 0 amide bonds. The van der Waals surface area contributed by atoms with E-state index in [-0.39, 0.29) is 11.5 Å². The summed E-state index contributed by atoms with van der Waals surface area (Å²) < 4.78 is 0. The van der Waals surface area contributed by atoms with Gasteiger partial charge in [0.1, 0.15) is 0 Å². The zero-order valence-electron chi connectivity index (χ0n) is 9.22. The first kappa shape index (κ1) is 11.1.